The first kappa shape index (κ1) is 16.0. The van der Waals surface area contributed by atoms with Gasteiger partial charge in [0.05, 0.1) is 10.5 Å². The maximum absolute atomic E-state index is 12.2. The highest BCUT2D eigenvalue weighted by Gasteiger charge is 2.32. The van der Waals surface area contributed by atoms with E-state index in [1.807, 2.05) is 0 Å². The van der Waals surface area contributed by atoms with Crippen molar-refractivity contribution in [2.75, 3.05) is 5.75 Å². The van der Waals surface area contributed by atoms with Gasteiger partial charge in [-0.2, -0.15) is 0 Å². The van der Waals surface area contributed by atoms with Gasteiger partial charge in [-0.1, -0.05) is 40.2 Å². The summed E-state index contributed by atoms with van der Waals surface area (Å²) in [6.45, 7) is 5.35. The maximum atomic E-state index is 12.2. The number of rotatable bonds is 3. The summed E-state index contributed by atoms with van der Waals surface area (Å²) in [5, 5.41) is 0. The van der Waals surface area contributed by atoms with Crippen molar-refractivity contribution in [1.82, 2.24) is 0 Å². The Kier molecular flexibility index (Phi) is 4.65. The molecule has 1 aromatic carbocycles. The quantitative estimate of drug-likeness (QED) is 0.755. The van der Waals surface area contributed by atoms with Gasteiger partial charge in [-0.3, -0.25) is 0 Å². The number of fused-ring (bicyclic) bond motifs is 1. The van der Waals surface area contributed by atoms with Crippen LogP contribution in [0.4, 0.5) is 0 Å². The lowest BCUT2D eigenvalue weighted by atomic mass is 9.82. The van der Waals surface area contributed by atoms with Crippen molar-refractivity contribution in [1.29, 1.82) is 0 Å². The van der Waals surface area contributed by atoms with Gasteiger partial charge in [-0.25, -0.2) is 8.42 Å². The molecular formula is C16H23BrO2S. The number of hydrogen-bond donors (Lipinski definition) is 0. The molecule has 2 atom stereocenters. The zero-order chi connectivity index (χ0) is 15.0. The lowest BCUT2D eigenvalue weighted by Gasteiger charge is -2.30. The van der Waals surface area contributed by atoms with Crippen molar-refractivity contribution < 1.29 is 8.42 Å². The molecule has 20 heavy (non-hydrogen) atoms. The standard InChI is InChI=1S/C16H23BrO2S/c1-16(2,3)20(18,19)11-10-13-9-8-12-6-4-5-7-14(12)15(13)17/h4-7,13,15H,8-11H2,1-3H3. The molecule has 0 saturated heterocycles. The van der Waals surface area contributed by atoms with Gasteiger partial charge >= 0.3 is 0 Å². The first-order valence-corrected chi connectivity index (χ1v) is 9.73. The van der Waals surface area contributed by atoms with Gasteiger partial charge in [0.1, 0.15) is 0 Å². The first-order chi connectivity index (χ1) is 9.22. The summed E-state index contributed by atoms with van der Waals surface area (Å²) < 4.78 is 23.8. The van der Waals surface area contributed by atoms with Crippen LogP contribution in [0.15, 0.2) is 24.3 Å². The van der Waals surface area contributed by atoms with Crippen molar-refractivity contribution in [2.45, 2.75) is 49.6 Å². The van der Waals surface area contributed by atoms with Crippen LogP contribution in [-0.4, -0.2) is 18.9 Å². The summed E-state index contributed by atoms with van der Waals surface area (Å²) in [5.41, 5.74) is 2.72. The van der Waals surface area contributed by atoms with E-state index in [1.54, 1.807) is 20.8 Å². The van der Waals surface area contributed by atoms with E-state index in [2.05, 4.69) is 40.2 Å². The summed E-state index contributed by atoms with van der Waals surface area (Å²) >= 11 is 3.78. The van der Waals surface area contributed by atoms with Crippen LogP contribution in [0.5, 0.6) is 0 Å². The zero-order valence-corrected chi connectivity index (χ0v) is 14.8. The van der Waals surface area contributed by atoms with Crippen molar-refractivity contribution in [2.24, 2.45) is 5.92 Å². The lowest BCUT2D eigenvalue weighted by Crippen LogP contribution is -2.32. The molecule has 2 nitrogen and oxygen atoms in total. The molecule has 0 N–H and O–H groups in total. The Morgan fingerprint density at radius 1 is 1.25 bits per heavy atom. The molecule has 2 rings (SSSR count). The zero-order valence-electron chi connectivity index (χ0n) is 12.4. The summed E-state index contributed by atoms with van der Waals surface area (Å²) in [6, 6.07) is 8.45. The average Bonchev–Trinajstić information content (AvgIpc) is 2.37. The van der Waals surface area contributed by atoms with Gasteiger partial charge < -0.3 is 0 Å². The monoisotopic (exact) mass is 358 g/mol. The second-order valence-electron chi connectivity index (χ2n) is 6.62. The molecule has 0 heterocycles. The van der Waals surface area contributed by atoms with E-state index in [0.29, 0.717) is 5.92 Å². The van der Waals surface area contributed by atoms with Crippen LogP contribution in [0.3, 0.4) is 0 Å². The van der Waals surface area contributed by atoms with Crippen molar-refractivity contribution in [3.63, 3.8) is 0 Å². The van der Waals surface area contributed by atoms with Gasteiger partial charge in [0, 0.05) is 4.83 Å². The predicted octanol–water partition coefficient (Wildman–Crippen LogP) is 4.29. The molecular weight excluding hydrogens is 336 g/mol. The Labute approximate surface area is 131 Å². The van der Waals surface area contributed by atoms with Gasteiger partial charge in [-0.05, 0) is 57.1 Å². The highest BCUT2D eigenvalue weighted by molar-refractivity contribution is 9.09. The molecule has 0 aliphatic heterocycles. The highest BCUT2D eigenvalue weighted by Crippen LogP contribution is 2.42. The minimum Gasteiger partial charge on any atom is -0.228 e. The third-order valence-corrected chi connectivity index (χ3v) is 8.12. The largest absolute Gasteiger partial charge is 0.228 e. The second-order valence-corrected chi connectivity index (χ2v) is 10.5. The van der Waals surface area contributed by atoms with Gasteiger partial charge in [0.15, 0.2) is 9.84 Å². The molecule has 0 amide bonds. The number of sulfone groups is 1. The summed E-state index contributed by atoms with van der Waals surface area (Å²) in [5.74, 6) is 0.688. The number of halogens is 1. The summed E-state index contributed by atoms with van der Waals surface area (Å²) in [6.07, 6.45) is 2.86. The summed E-state index contributed by atoms with van der Waals surface area (Å²) in [7, 11) is -3.02. The van der Waals surface area contributed by atoms with Crippen LogP contribution in [0.1, 0.15) is 49.6 Å². The van der Waals surface area contributed by atoms with E-state index in [-0.39, 0.29) is 10.6 Å². The average molecular weight is 359 g/mol. The molecule has 1 aromatic rings. The Morgan fingerprint density at radius 2 is 1.90 bits per heavy atom. The topological polar surface area (TPSA) is 34.1 Å². The third-order valence-electron chi connectivity index (χ3n) is 4.24. The van der Waals surface area contributed by atoms with E-state index < -0.39 is 14.6 Å². The number of aryl methyl sites for hydroxylation is 1. The minimum absolute atomic E-state index is 0.280. The number of alkyl halides is 1. The maximum Gasteiger partial charge on any atom is 0.155 e. The SMILES string of the molecule is CC(C)(C)S(=O)(=O)CCC1CCc2ccccc2C1Br. The molecule has 1 aliphatic carbocycles. The number of benzene rings is 1. The lowest BCUT2D eigenvalue weighted by molar-refractivity contribution is 0.438. The fourth-order valence-corrected chi connectivity index (χ4v) is 4.88. The Morgan fingerprint density at radius 3 is 2.55 bits per heavy atom. The van der Waals surface area contributed by atoms with Crippen LogP contribution in [0.2, 0.25) is 0 Å². The first-order valence-electron chi connectivity index (χ1n) is 7.16. The van der Waals surface area contributed by atoms with Crippen LogP contribution >= 0.6 is 15.9 Å². The van der Waals surface area contributed by atoms with Crippen LogP contribution in [0.25, 0.3) is 0 Å². The third kappa shape index (κ3) is 3.28. The number of hydrogen-bond acceptors (Lipinski definition) is 2. The van der Waals surface area contributed by atoms with E-state index in [1.165, 1.54) is 11.1 Å². The molecule has 0 bridgehead atoms. The van der Waals surface area contributed by atoms with Crippen molar-refractivity contribution >= 4 is 25.8 Å². The Bertz CT molecular complexity index is 572. The van der Waals surface area contributed by atoms with Crippen LogP contribution in [-0.2, 0) is 16.3 Å². The Hall–Kier alpha value is -0.350. The molecule has 2 unspecified atom stereocenters. The van der Waals surface area contributed by atoms with Gasteiger partial charge in [-0.15, -0.1) is 0 Å². The van der Waals surface area contributed by atoms with Gasteiger partial charge in [0.25, 0.3) is 0 Å². The second kappa shape index (κ2) is 5.80. The van der Waals surface area contributed by atoms with Crippen LogP contribution in [0, 0.1) is 5.92 Å². The molecule has 1 aliphatic rings. The predicted molar refractivity (Wildman–Crippen MR) is 88.1 cm³/mol. The van der Waals surface area contributed by atoms with Gasteiger partial charge in [0.2, 0.25) is 0 Å². The fraction of sp³-hybridized carbons (Fsp3) is 0.625. The van der Waals surface area contributed by atoms with Crippen molar-refractivity contribution in [3.8, 4) is 0 Å². The molecule has 112 valence electrons. The molecule has 4 heteroatoms. The fourth-order valence-electron chi connectivity index (χ4n) is 2.68. The summed E-state index contributed by atoms with van der Waals surface area (Å²) in [4.78, 5) is 0.280. The van der Waals surface area contributed by atoms with Crippen LogP contribution < -0.4 is 0 Å². The van der Waals surface area contributed by atoms with E-state index in [4.69, 9.17) is 0 Å². The molecule has 0 spiro atoms. The smallest absolute Gasteiger partial charge is 0.155 e. The van der Waals surface area contributed by atoms with Crippen molar-refractivity contribution in [3.05, 3.63) is 35.4 Å². The molecule has 0 radical (unpaired) electrons. The highest BCUT2D eigenvalue weighted by atomic mass is 79.9. The van der Waals surface area contributed by atoms with E-state index in [9.17, 15) is 8.42 Å². The minimum atomic E-state index is -3.02. The molecule has 0 saturated carbocycles. The van der Waals surface area contributed by atoms with E-state index >= 15 is 0 Å². The normalized spacial score (nSPS) is 23.4. The Balaban J connectivity index is 2.07. The molecule has 0 aromatic heterocycles. The molecule has 0 fully saturated rings. The van der Waals surface area contributed by atoms with E-state index in [0.717, 1.165) is 19.3 Å².